The Kier molecular flexibility index (Phi) is 5.58. The molecule has 0 fully saturated rings. The fourth-order valence-electron chi connectivity index (χ4n) is 2.55. The number of nitrogens with one attached hydrogen (secondary N) is 1. The molecule has 0 atom stereocenters. The molecule has 0 aliphatic rings. The Bertz CT molecular complexity index is 948. The fourth-order valence-corrected chi connectivity index (χ4v) is 3.33. The van der Waals surface area contributed by atoms with Gasteiger partial charge >= 0.3 is 0 Å². The summed E-state index contributed by atoms with van der Waals surface area (Å²) in [4.78, 5) is 16.7. The molecule has 1 heterocycles. The van der Waals surface area contributed by atoms with E-state index < -0.39 is 0 Å². The Hall–Kier alpha value is -2.80. The number of rotatable bonds is 6. The van der Waals surface area contributed by atoms with E-state index in [2.05, 4.69) is 15.5 Å². The van der Waals surface area contributed by atoms with Gasteiger partial charge in [0.25, 0.3) is 5.91 Å². The first kappa shape index (κ1) is 18.0. The van der Waals surface area contributed by atoms with Crippen molar-refractivity contribution in [3.05, 3.63) is 54.1 Å². The highest BCUT2D eigenvalue weighted by molar-refractivity contribution is 7.99. The number of fused-ring (bicyclic) bond motifs is 1. The highest BCUT2D eigenvalue weighted by Gasteiger charge is 2.10. The zero-order chi connectivity index (χ0) is 18.5. The number of imidazole rings is 1. The maximum atomic E-state index is 12.1. The number of thioether (sulfide) groups is 1. The monoisotopic (exact) mass is 368 g/mol. The van der Waals surface area contributed by atoms with Crippen LogP contribution in [0.3, 0.4) is 0 Å². The van der Waals surface area contributed by atoms with Crippen molar-refractivity contribution in [2.45, 2.75) is 18.5 Å². The summed E-state index contributed by atoms with van der Waals surface area (Å²) in [5.41, 5.74) is 6.17. The summed E-state index contributed by atoms with van der Waals surface area (Å²) < 4.78 is 1.98. The molecule has 3 aromatic rings. The number of aromatic hydroxyl groups is 1. The van der Waals surface area contributed by atoms with Crippen LogP contribution in [0.2, 0.25) is 0 Å². The van der Waals surface area contributed by atoms with Gasteiger partial charge in [0, 0.05) is 7.05 Å². The Balaban J connectivity index is 1.62. The Morgan fingerprint density at radius 3 is 2.65 bits per heavy atom. The first-order valence-electron chi connectivity index (χ1n) is 8.27. The van der Waals surface area contributed by atoms with E-state index in [0.29, 0.717) is 6.42 Å². The molecular weight excluding hydrogens is 348 g/mol. The van der Waals surface area contributed by atoms with E-state index in [1.807, 2.05) is 42.8 Å². The van der Waals surface area contributed by atoms with E-state index in [9.17, 15) is 9.90 Å². The average Bonchev–Trinajstić information content (AvgIpc) is 2.98. The molecule has 26 heavy (non-hydrogen) atoms. The largest absolute Gasteiger partial charge is 0.508 e. The van der Waals surface area contributed by atoms with Crippen LogP contribution in [-0.4, -0.2) is 32.0 Å². The van der Waals surface area contributed by atoms with Crippen molar-refractivity contribution in [3.8, 4) is 5.75 Å². The number of hydrogen-bond acceptors (Lipinski definition) is 5. The van der Waals surface area contributed by atoms with Crippen LogP contribution in [0.1, 0.15) is 18.9 Å². The third-order valence-corrected chi connectivity index (χ3v) is 4.96. The molecule has 134 valence electrons. The SMILES string of the molecule is CCC(=NNC(=O)CSc1nc2ccccc2n1C)c1ccc(O)cc1. The van der Waals surface area contributed by atoms with Gasteiger partial charge in [-0.25, -0.2) is 10.4 Å². The molecule has 1 amide bonds. The number of benzene rings is 2. The molecule has 2 N–H and O–H groups in total. The average molecular weight is 368 g/mol. The normalized spacial score (nSPS) is 11.7. The Morgan fingerprint density at radius 2 is 1.96 bits per heavy atom. The Morgan fingerprint density at radius 1 is 1.23 bits per heavy atom. The second kappa shape index (κ2) is 8.05. The van der Waals surface area contributed by atoms with Gasteiger partial charge in [-0.2, -0.15) is 5.10 Å². The lowest BCUT2D eigenvalue weighted by Crippen LogP contribution is -2.22. The van der Waals surface area contributed by atoms with Gasteiger partial charge in [0.05, 0.1) is 22.5 Å². The maximum absolute atomic E-state index is 12.1. The number of carbonyl (C=O) groups excluding carboxylic acids is 1. The minimum absolute atomic E-state index is 0.188. The molecule has 0 unspecified atom stereocenters. The van der Waals surface area contributed by atoms with Gasteiger partial charge in [-0.15, -0.1) is 0 Å². The predicted octanol–water partition coefficient (Wildman–Crippen LogP) is 3.30. The highest BCUT2D eigenvalue weighted by Crippen LogP contribution is 2.22. The Labute approximate surface area is 155 Å². The number of amides is 1. The van der Waals surface area contributed by atoms with Gasteiger partial charge in [0.2, 0.25) is 0 Å². The molecule has 0 aliphatic carbocycles. The van der Waals surface area contributed by atoms with Crippen molar-refractivity contribution in [2.24, 2.45) is 12.1 Å². The molecule has 0 radical (unpaired) electrons. The second-order valence-corrected chi connectivity index (χ2v) is 6.67. The molecule has 0 bridgehead atoms. The van der Waals surface area contributed by atoms with E-state index in [4.69, 9.17) is 0 Å². The lowest BCUT2D eigenvalue weighted by molar-refractivity contribution is -0.118. The molecule has 0 spiro atoms. The lowest BCUT2D eigenvalue weighted by Gasteiger charge is -2.06. The standard InChI is InChI=1S/C19H20N4O2S/c1-3-15(13-8-10-14(24)11-9-13)21-22-18(25)12-26-19-20-16-6-4-5-7-17(16)23(19)2/h4-11,24H,3,12H2,1-2H3,(H,22,25). The summed E-state index contributed by atoms with van der Waals surface area (Å²) >= 11 is 1.38. The van der Waals surface area contributed by atoms with Crippen molar-refractivity contribution in [1.82, 2.24) is 15.0 Å². The molecule has 2 aromatic carbocycles. The van der Waals surface area contributed by atoms with Crippen LogP contribution in [0.4, 0.5) is 0 Å². The van der Waals surface area contributed by atoms with Gasteiger partial charge in [0.15, 0.2) is 5.16 Å². The first-order chi connectivity index (χ1) is 12.6. The predicted molar refractivity (Wildman–Crippen MR) is 105 cm³/mol. The quantitative estimate of drug-likeness (QED) is 0.397. The number of hydrazone groups is 1. The van der Waals surface area contributed by atoms with Gasteiger partial charge in [-0.05, 0) is 48.4 Å². The highest BCUT2D eigenvalue weighted by atomic mass is 32.2. The smallest absolute Gasteiger partial charge is 0.250 e. The van der Waals surface area contributed by atoms with Crippen LogP contribution in [-0.2, 0) is 11.8 Å². The zero-order valence-corrected chi connectivity index (χ0v) is 15.5. The van der Waals surface area contributed by atoms with Gasteiger partial charge in [-0.1, -0.05) is 30.8 Å². The van der Waals surface area contributed by atoms with E-state index in [0.717, 1.165) is 27.5 Å². The number of phenols is 1. The van der Waals surface area contributed by atoms with Crippen LogP contribution < -0.4 is 5.43 Å². The van der Waals surface area contributed by atoms with Crippen LogP contribution >= 0.6 is 11.8 Å². The molecule has 0 aliphatic heterocycles. The van der Waals surface area contributed by atoms with Crippen molar-refractivity contribution in [1.29, 1.82) is 0 Å². The third-order valence-electron chi connectivity index (χ3n) is 3.93. The molecule has 1 aromatic heterocycles. The summed E-state index contributed by atoms with van der Waals surface area (Å²) in [6.45, 7) is 1.96. The van der Waals surface area contributed by atoms with E-state index in [1.54, 1.807) is 24.3 Å². The van der Waals surface area contributed by atoms with Crippen LogP contribution in [0, 0.1) is 0 Å². The second-order valence-electron chi connectivity index (χ2n) is 5.72. The van der Waals surface area contributed by atoms with Crippen LogP contribution in [0.15, 0.2) is 58.8 Å². The van der Waals surface area contributed by atoms with Crippen LogP contribution in [0.5, 0.6) is 5.75 Å². The summed E-state index contributed by atoms with van der Waals surface area (Å²) in [7, 11) is 1.94. The van der Waals surface area contributed by atoms with Gasteiger partial charge < -0.3 is 9.67 Å². The third kappa shape index (κ3) is 4.05. The number of carbonyl (C=O) groups is 1. The van der Waals surface area contributed by atoms with Crippen molar-refractivity contribution in [3.63, 3.8) is 0 Å². The minimum atomic E-state index is -0.188. The van der Waals surface area contributed by atoms with E-state index in [1.165, 1.54) is 11.8 Å². The number of hydrogen-bond donors (Lipinski definition) is 2. The number of nitrogens with zero attached hydrogens (tertiary/aromatic N) is 3. The zero-order valence-electron chi connectivity index (χ0n) is 14.6. The summed E-state index contributed by atoms with van der Waals surface area (Å²) in [6.07, 6.45) is 0.670. The molecule has 0 saturated heterocycles. The van der Waals surface area contributed by atoms with E-state index in [-0.39, 0.29) is 17.4 Å². The summed E-state index contributed by atoms with van der Waals surface area (Å²) in [5, 5.41) is 14.4. The number of aryl methyl sites for hydroxylation is 1. The summed E-state index contributed by atoms with van der Waals surface area (Å²) in [6, 6.07) is 14.6. The minimum Gasteiger partial charge on any atom is -0.508 e. The topological polar surface area (TPSA) is 79.5 Å². The molecule has 0 saturated carbocycles. The molecule has 7 heteroatoms. The summed E-state index contributed by atoms with van der Waals surface area (Å²) in [5.74, 6) is 0.242. The lowest BCUT2D eigenvalue weighted by atomic mass is 10.1. The van der Waals surface area contributed by atoms with Gasteiger partial charge in [-0.3, -0.25) is 4.79 Å². The maximum Gasteiger partial charge on any atom is 0.250 e. The van der Waals surface area contributed by atoms with Crippen molar-refractivity contribution < 1.29 is 9.90 Å². The van der Waals surface area contributed by atoms with Gasteiger partial charge in [0.1, 0.15) is 5.75 Å². The number of aromatic nitrogens is 2. The van der Waals surface area contributed by atoms with Crippen molar-refractivity contribution in [2.75, 3.05) is 5.75 Å². The van der Waals surface area contributed by atoms with Crippen molar-refractivity contribution >= 4 is 34.4 Å². The number of para-hydroxylation sites is 2. The van der Waals surface area contributed by atoms with Crippen LogP contribution in [0.25, 0.3) is 11.0 Å². The number of phenolic OH excluding ortho intramolecular Hbond substituents is 1. The fraction of sp³-hybridized carbons (Fsp3) is 0.211. The molecule has 6 nitrogen and oxygen atoms in total. The molecular formula is C19H20N4O2S. The first-order valence-corrected chi connectivity index (χ1v) is 9.26. The van der Waals surface area contributed by atoms with E-state index >= 15 is 0 Å². The molecule has 3 rings (SSSR count).